The third-order valence-corrected chi connectivity index (χ3v) is 2.74. The maximum atomic E-state index is 11.7. The van der Waals surface area contributed by atoms with Crippen LogP contribution < -0.4 is 16.0 Å². The summed E-state index contributed by atoms with van der Waals surface area (Å²) >= 11 is 0. The number of aromatic nitrogens is 2. The summed E-state index contributed by atoms with van der Waals surface area (Å²) in [5.41, 5.74) is 0. The van der Waals surface area contributed by atoms with E-state index in [4.69, 9.17) is 4.74 Å². The van der Waals surface area contributed by atoms with Gasteiger partial charge in [-0.05, 0) is 19.8 Å². The van der Waals surface area contributed by atoms with Gasteiger partial charge in [-0.25, -0.2) is 4.79 Å². The normalized spacial score (nSPS) is 16.3. The lowest BCUT2D eigenvalue weighted by atomic mass is 10.1. The first-order valence-electron chi connectivity index (χ1n) is 6.22. The van der Waals surface area contributed by atoms with E-state index in [1.165, 1.54) is 0 Å². The van der Waals surface area contributed by atoms with Gasteiger partial charge in [0.25, 0.3) is 0 Å². The minimum absolute atomic E-state index is 0.190. The van der Waals surface area contributed by atoms with Crippen LogP contribution >= 0.6 is 0 Å². The molecule has 18 heavy (non-hydrogen) atoms. The third-order valence-electron chi connectivity index (χ3n) is 2.74. The predicted molar refractivity (Wildman–Crippen MR) is 68.7 cm³/mol. The molecule has 0 atom stereocenters. The van der Waals surface area contributed by atoms with E-state index < -0.39 is 0 Å². The molecule has 7 nitrogen and oxygen atoms in total. The monoisotopic (exact) mass is 253 g/mol. The Morgan fingerprint density at radius 3 is 3.06 bits per heavy atom. The smallest absolute Gasteiger partial charge is 0.320 e. The molecule has 2 heterocycles. The Labute approximate surface area is 106 Å². The van der Waals surface area contributed by atoms with Crippen molar-refractivity contribution in [2.75, 3.05) is 30.4 Å². The van der Waals surface area contributed by atoms with Crippen molar-refractivity contribution in [3.63, 3.8) is 0 Å². The molecule has 1 aliphatic rings. The lowest BCUT2D eigenvalue weighted by molar-refractivity contribution is 0.0806. The van der Waals surface area contributed by atoms with E-state index >= 15 is 0 Å². The Morgan fingerprint density at radius 2 is 2.33 bits per heavy atom. The highest BCUT2D eigenvalue weighted by molar-refractivity contribution is 5.88. The minimum atomic E-state index is -0.214. The number of hydrogen-bond acceptors (Lipinski definition) is 4. The zero-order chi connectivity index (χ0) is 12.8. The van der Waals surface area contributed by atoms with E-state index in [9.17, 15) is 4.79 Å². The first-order chi connectivity index (χ1) is 8.78. The van der Waals surface area contributed by atoms with Gasteiger partial charge >= 0.3 is 6.03 Å². The number of anilines is 2. The maximum Gasteiger partial charge on any atom is 0.320 e. The summed E-state index contributed by atoms with van der Waals surface area (Å²) in [6.07, 6.45) is 1.72. The van der Waals surface area contributed by atoms with Gasteiger partial charge in [-0.3, -0.25) is 10.4 Å². The minimum Gasteiger partial charge on any atom is -0.381 e. The number of amides is 2. The van der Waals surface area contributed by atoms with Crippen LogP contribution in [0.4, 0.5) is 16.4 Å². The molecule has 0 saturated carbocycles. The molecule has 0 aliphatic carbocycles. The van der Waals surface area contributed by atoms with Crippen LogP contribution in [-0.2, 0) is 4.74 Å². The van der Waals surface area contributed by atoms with Crippen LogP contribution in [0.1, 0.15) is 19.8 Å². The van der Waals surface area contributed by atoms with Crippen molar-refractivity contribution < 1.29 is 9.53 Å². The fraction of sp³-hybridized carbons (Fsp3) is 0.636. The predicted octanol–water partition coefficient (Wildman–Crippen LogP) is 1.14. The molecular weight excluding hydrogens is 234 g/mol. The van der Waals surface area contributed by atoms with E-state index in [1.807, 2.05) is 6.92 Å². The average molecular weight is 253 g/mol. The van der Waals surface area contributed by atoms with Crippen molar-refractivity contribution in [1.29, 1.82) is 0 Å². The summed E-state index contributed by atoms with van der Waals surface area (Å²) in [6, 6.07) is 1.73. The van der Waals surface area contributed by atoms with Gasteiger partial charge in [0.15, 0.2) is 0 Å². The van der Waals surface area contributed by atoms with Crippen molar-refractivity contribution >= 4 is 17.7 Å². The molecule has 4 N–H and O–H groups in total. The summed E-state index contributed by atoms with van der Waals surface area (Å²) in [7, 11) is 0. The number of aromatic amines is 1. The maximum absolute atomic E-state index is 11.7. The molecule has 1 fully saturated rings. The van der Waals surface area contributed by atoms with Crippen molar-refractivity contribution in [1.82, 2.24) is 15.5 Å². The van der Waals surface area contributed by atoms with Crippen LogP contribution in [0.15, 0.2) is 6.07 Å². The van der Waals surface area contributed by atoms with Gasteiger partial charge in [-0.2, -0.15) is 5.10 Å². The SMILES string of the molecule is CCNc1cc(NC(=O)NC2CCOCC2)[nH]n1. The number of carbonyl (C=O) groups excluding carboxylic acids is 1. The number of urea groups is 1. The van der Waals surface area contributed by atoms with Gasteiger partial charge in [-0.15, -0.1) is 0 Å². The fourth-order valence-corrected chi connectivity index (χ4v) is 1.84. The van der Waals surface area contributed by atoms with Crippen LogP contribution in [0.5, 0.6) is 0 Å². The Hall–Kier alpha value is -1.76. The van der Waals surface area contributed by atoms with Crippen LogP contribution in [-0.4, -0.2) is 42.0 Å². The first-order valence-corrected chi connectivity index (χ1v) is 6.22. The quantitative estimate of drug-likeness (QED) is 0.647. The molecule has 0 radical (unpaired) electrons. The number of H-pyrrole nitrogens is 1. The van der Waals surface area contributed by atoms with Gasteiger partial charge in [-0.1, -0.05) is 0 Å². The van der Waals surface area contributed by atoms with Crippen LogP contribution in [0, 0.1) is 0 Å². The molecule has 1 aromatic rings. The molecular formula is C11H19N5O2. The lowest BCUT2D eigenvalue weighted by Crippen LogP contribution is -2.41. The number of nitrogens with zero attached hydrogens (tertiary/aromatic N) is 1. The molecule has 100 valence electrons. The highest BCUT2D eigenvalue weighted by Gasteiger charge is 2.16. The number of hydrogen-bond donors (Lipinski definition) is 4. The Bertz CT molecular complexity index is 387. The van der Waals surface area contributed by atoms with E-state index in [0.717, 1.165) is 25.2 Å². The van der Waals surface area contributed by atoms with Crippen molar-refractivity contribution in [2.24, 2.45) is 0 Å². The molecule has 0 unspecified atom stereocenters. The second-order valence-corrected chi connectivity index (χ2v) is 4.18. The highest BCUT2D eigenvalue weighted by atomic mass is 16.5. The average Bonchev–Trinajstić information content (AvgIpc) is 2.78. The summed E-state index contributed by atoms with van der Waals surface area (Å²) in [4.78, 5) is 11.7. The molecule has 0 bridgehead atoms. The standard InChI is InChI=1S/C11H19N5O2/c1-2-12-9-7-10(16-15-9)14-11(17)13-8-3-5-18-6-4-8/h7-8H,2-6H2,1H3,(H4,12,13,14,15,16,17). The van der Waals surface area contributed by atoms with Crippen LogP contribution in [0.2, 0.25) is 0 Å². The van der Waals surface area contributed by atoms with E-state index in [2.05, 4.69) is 26.1 Å². The molecule has 2 rings (SSSR count). The van der Waals surface area contributed by atoms with Gasteiger partial charge in [0, 0.05) is 31.9 Å². The zero-order valence-electron chi connectivity index (χ0n) is 10.5. The summed E-state index contributed by atoms with van der Waals surface area (Å²) in [5, 5.41) is 15.4. The fourth-order valence-electron chi connectivity index (χ4n) is 1.84. The van der Waals surface area contributed by atoms with Crippen LogP contribution in [0.3, 0.4) is 0 Å². The van der Waals surface area contributed by atoms with Gasteiger partial charge in [0.1, 0.15) is 11.6 Å². The second-order valence-electron chi connectivity index (χ2n) is 4.18. The molecule has 7 heteroatoms. The van der Waals surface area contributed by atoms with Gasteiger partial charge in [0.2, 0.25) is 0 Å². The highest BCUT2D eigenvalue weighted by Crippen LogP contribution is 2.10. The number of carbonyl (C=O) groups is 1. The summed E-state index contributed by atoms with van der Waals surface area (Å²) in [6.45, 7) is 4.19. The lowest BCUT2D eigenvalue weighted by Gasteiger charge is -2.22. The van der Waals surface area contributed by atoms with Gasteiger partial charge < -0.3 is 15.4 Å². The van der Waals surface area contributed by atoms with Crippen molar-refractivity contribution in [3.8, 4) is 0 Å². The molecule has 0 spiro atoms. The second kappa shape index (κ2) is 6.25. The largest absolute Gasteiger partial charge is 0.381 e. The Kier molecular flexibility index (Phi) is 4.40. The van der Waals surface area contributed by atoms with E-state index in [-0.39, 0.29) is 12.1 Å². The summed E-state index contributed by atoms with van der Waals surface area (Å²) in [5.74, 6) is 1.30. The molecule has 0 aromatic carbocycles. The molecule has 1 saturated heterocycles. The Morgan fingerprint density at radius 1 is 1.56 bits per heavy atom. The number of rotatable bonds is 4. The van der Waals surface area contributed by atoms with Gasteiger partial charge in [0.05, 0.1) is 0 Å². The van der Waals surface area contributed by atoms with Crippen LogP contribution in [0.25, 0.3) is 0 Å². The summed E-state index contributed by atoms with van der Waals surface area (Å²) < 4.78 is 5.23. The molecule has 2 amide bonds. The van der Waals surface area contributed by atoms with Crippen molar-refractivity contribution in [3.05, 3.63) is 6.07 Å². The van der Waals surface area contributed by atoms with E-state index in [1.54, 1.807) is 6.07 Å². The van der Waals surface area contributed by atoms with Crippen molar-refractivity contribution in [2.45, 2.75) is 25.8 Å². The topological polar surface area (TPSA) is 91.1 Å². The molecule has 1 aliphatic heterocycles. The Balaban J connectivity index is 1.78. The third kappa shape index (κ3) is 3.63. The molecule has 1 aromatic heterocycles. The number of nitrogens with one attached hydrogen (secondary N) is 4. The van der Waals surface area contributed by atoms with E-state index in [0.29, 0.717) is 19.0 Å². The first kappa shape index (κ1) is 12.7. The zero-order valence-corrected chi connectivity index (χ0v) is 10.5. The number of ether oxygens (including phenoxy) is 1.